The molecule has 12 aromatic rings. The zero-order valence-electron chi connectivity index (χ0n) is 49.7. The van der Waals surface area contributed by atoms with Crippen molar-refractivity contribution in [2.45, 2.75) is 0 Å². The van der Waals surface area contributed by atoms with Crippen molar-refractivity contribution in [3.05, 3.63) is 194 Å². The number of furan rings is 2. The Bertz CT molecular complexity index is 4640. The Morgan fingerprint density at radius 1 is 0.321 bits per heavy atom. The van der Waals surface area contributed by atoms with Crippen molar-refractivity contribution in [2.75, 3.05) is 0 Å². The molecule has 2 heteroatoms. The highest BCUT2D eigenvalue weighted by molar-refractivity contribution is 6.26. The second kappa shape index (κ2) is 12.0. The van der Waals surface area contributed by atoms with Crippen LogP contribution in [0.3, 0.4) is 0 Å². The number of fused-ring (bicyclic) bond motifs is 10. The van der Waals surface area contributed by atoms with Crippen molar-refractivity contribution in [2.24, 2.45) is 0 Å². The van der Waals surface area contributed by atoms with E-state index in [-0.39, 0.29) is 54.6 Å². The van der Waals surface area contributed by atoms with Gasteiger partial charge in [0.2, 0.25) is 0 Å². The van der Waals surface area contributed by atoms with E-state index in [2.05, 4.69) is 0 Å². The van der Waals surface area contributed by atoms with Crippen LogP contribution in [-0.4, -0.2) is 0 Å². The monoisotopic (exact) mass is 733 g/mol. The summed E-state index contributed by atoms with van der Waals surface area (Å²) < 4.78 is 203. The Balaban J connectivity index is 1.16. The number of rotatable bonds is 4. The quantitative estimate of drug-likeness (QED) is 0.168. The molecule has 0 saturated carbocycles. The standard InChI is InChI=1S/C54H32O2/c1-2-12-39-34(10-1)11-9-18-40(39)35-22-26-37(27-23-35)52-43-15-5-3-13-41(43)51(42-14-4-6-16-44(42)52)36-24-20-33(21-25-36)38-28-29-46-50(32-38)56-49-31-30-48-53(54(46)49)45-17-7-8-19-47(45)55-48/h1-32H/i3D,4D,5D,6D,7D,8D,13D,14D,15D,16D,17D,19D,20D,21D,24D,25D,28D,29D,30D,31D,32D. The first-order valence-electron chi connectivity index (χ1n) is 28.0. The molecule has 260 valence electrons. The van der Waals surface area contributed by atoms with E-state index in [9.17, 15) is 15.1 Å². The normalized spacial score (nSPS) is 17.2. The van der Waals surface area contributed by atoms with E-state index in [0.29, 0.717) is 0 Å². The number of benzene rings is 10. The Kier molecular flexibility index (Phi) is 3.64. The summed E-state index contributed by atoms with van der Waals surface area (Å²) in [4.78, 5) is 0. The zero-order valence-corrected chi connectivity index (χ0v) is 28.7. The molecule has 12 rings (SSSR count). The average molecular weight is 734 g/mol. The van der Waals surface area contributed by atoms with Gasteiger partial charge in [0.25, 0.3) is 0 Å². The summed E-state index contributed by atoms with van der Waals surface area (Å²) in [6, 6.07) is 5.01. The van der Waals surface area contributed by atoms with Crippen molar-refractivity contribution in [1.29, 1.82) is 0 Å². The molecule has 0 atom stereocenters. The van der Waals surface area contributed by atoms with Gasteiger partial charge in [-0.15, -0.1) is 0 Å². The Hall–Kier alpha value is -7.42. The van der Waals surface area contributed by atoms with Crippen molar-refractivity contribution < 1.29 is 37.6 Å². The molecule has 0 spiro atoms. The summed E-state index contributed by atoms with van der Waals surface area (Å²) in [5.41, 5.74) is -2.26. The largest absolute Gasteiger partial charge is 0.456 e. The molecule has 0 aliphatic rings. The van der Waals surface area contributed by atoms with Crippen molar-refractivity contribution in [3.8, 4) is 44.5 Å². The molecule has 0 saturated heterocycles. The van der Waals surface area contributed by atoms with Crippen LogP contribution in [0.5, 0.6) is 0 Å². The number of para-hydroxylation sites is 1. The first kappa shape index (κ1) is 16.9. The molecule has 0 aliphatic carbocycles. The molecule has 0 N–H and O–H groups in total. The average Bonchev–Trinajstić information content (AvgIpc) is 4.28. The molecular formula is C54H32O2. The molecule has 0 bridgehead atoms. The van der Waals surface area contributed by atoms with Crippen LogP contribution < -0.4 is 0 Å². The van der Waals surface area contributed by atoms with Gasteiger partial charge in [-0.2, -0.15) is 0 Å². The molecule has 0 unspecified atom stereocenters. The first-order valence-corrected chi connectivity index (χ1v) is 17.5. The van der Waals surface area contributed by atoms with Gasteiger partial charge in [0.1, 0.15) is 22.3 Å². The van der Waals surface area contributed by atoms with E-state index < -0.39 is 171 Å². The van der Waals surface area contributed by atoms with Crippen molar-refractivity contribution in [3.63, 3.8) is 0 Å². The minimum absolute atomic E-state index is 0.0247. The molecule has 2 aromatic heterocycles. The SMILES string of the molecule is [2H]c1c([2H])c(-c2c3c([2H])c([2H])c([2H])c([2H])c3c(-c3ccc(-c4cccc5ccccc45)cc3)c3c([2H])c([2H])c([2H])c([2H])c23)c([2H])c([2H])c1-c1c([2H])c([2H])c2c(oc3c([2H])c([2H])c4oc5c([2H])c([2H])c([2H])c([2H])c5c4c32)c1[2H]. The van der Waals surface area contributed by atoms with Crippen LogP contribution in [-0.2, 0) is 0 Å². The van der Waals surface area contributed by atoms with Gasteiger partial charge in [-0.25, -0.2) is 0 Å². The van der Waals surface area contributed by atoms with Crippen molar-refractivity contribution >= 4 is 76.2 Å². The van der Waals surface area contributed by atoms with E-state index in [1.807, 2.05) is 42.5 Å². The van der Waals surface area contributed by atoms with Gasteiger partial charge < -0.3 is 8.83 Å². The molecule has 10 aromatic carbocycles. The maximum atomic E-state index is 9.66. The second-order valence-electron chi connectivity index (χ2n) is 13.1. The fraction of sp³-hybridized carbons (Fsp3) is 0. The van der Waals surface area contributed by atoms with Gasteiger partial charge in [-0.3, -0.25) is 0 Å². The molecule has 56 heavy (non-hydrogen) atoms. The highest BCUT2D eigenvalue weighted by atomic mass is 16.3. The van der Waals surface area contributed by atoms with Crippen LogP contribution in [0.2, 0.25) is 0 Å². The highest BCUT2D eigenvalue weighted by Crippen LogP contribution is 2.45. The van der Waals surface area contributed by atoms with Gasteiger partial charge in [0.05, 0.1) is 28.8 Å². The van der Waals surface area contributed by atoms with Crippen LogP contribution in [0.4, 0.5) is 0 Å². The van der Waals surface area contributed by atoms with Gasteiger partial charge >= 0.3 is 0 Å². The lowest BCUT2D eigenvalue weighted by Gasteiger charge is -2.18. The van der Waals surface area contributed by atoms with Gasteiger partial charge in [0, 0.05) is 21.5 Å². The zero-order chi connectivity index (χ0) is 55.0. The highest BCUT2D eigenvalue weighted by Gasteiger charge is 2.19. The third-order valence-electron chi connectivity index (χ3n) is 10.1. The third-order valence-corrected chi connectivity index (χ3v) is 10.1. The van der Waals surface area contributed by atoms with Crippen LogP contribution in [0.25, 0.3) is 121 Å². The van der Waals surface area contributed by atoms with Crippen LogP contribution in [0.1, 0.15) is 28.8 Å². The minimum atomic E-state index is -0.928. The second-order valence-corrected chi connectivity index (χ2v) is 13.1. The molecule has 2 heterocycles. The summed E-state index contributed by atoms with van der Waals surface area (Å²) in [7, 11) is 0. The van der Waals surface area contributed by atoms with E-state index in [0.717, 1.165) is 21.9 Å². The Morgan fingerprint density at radius 3 is 1.54 bits per heavy atom. The predicted octanol–water partition coefficient (Wildman–Crippen LogP) is 15.6. The van der Waals surface area contributed by atoms with Crippen molar-refractivity contribution in [1.82, 2.24) is 0 Å². The fourth-order valence-electron chi connectivity index (χ4n) is 7.64. The van der Waals surface area contributed by atoms with Crippen LogP contribution in [0, 0.1) is 0 Å². The van der Waals surface area contributed by atoms with E-state index in [4.69, 9.17) is 22.5 Å². The minimum Gasteiger partial charge on any atom is -0.456 e. The maximum absolute atomic E-state index is 9.66. The lowest BCUT2D eigenvalue weighted by molar-refractivity contribution is 0.663. The Labute approximate surface area is 352 Å². The van der Waals surface area contributed by atoms with Gasteiger partial charge in [-0.05, 0) is 107 Å². The van der Waals surface area contributed by atoms with E-state index >= 15 is 0 Å². The maximum Gasteiger partial charge on any atom is 0.136 e. The number of hydrogen-bond donors (Lipinski definition) is 0. The van der Waals surface area contributed by atoms with E-state index in [1.165, 1.54) is 0 Å². The van der Waals surface area contributed by atoms with E-state index in [1.54, 1.807) is 24.3 Å². The molecule has 0 radical (unpaired) electrons. The lowest BCUT2D eigenvalue weighted by Crippen LogP contribution is -1.91. The fourth-order valence-corrected chi connectivity index (χ4v) is 7.64. The van der Waals surface area contributed by atoms with Gasteiger partial charge in [-0.1, -0.05) is 163 Å². The summed E-state index contributed by atoms with van der Waals surface area (Å²) >= 11 is 0. The van der Waals surface area contributed by atoms with Crippen LogP contribution in [0.15, 0.2) is 202 Å². The summed E-state index contributed by atoms with van der Waals surface area (Å²) in [5, 5.41) is -0.243. The lowest BCUT2D eigenvalue weighted by atomic mass is 9.85. The smallest absolute Gasteiger partial charge is 0.136 e. The third kappa shape index (κ3) is 4.63. The topological polar surface area (TPSA) is 26.3 Å². The molecule has 0 aliphatic heterocycles. The summed E-state index contributed by atoms with van der Waals surface area (Å²) in [6.07, 6.45) is 0. The molecular weight excluding hydrogens is 681 g/mol. The predicted molar refractivity (Wildman–Crippen MR) is 235 cm³/mol. The molecule has 0 fully saturated rings. The Morgan fingerprint density at radius 2 is 0.839 bits per heavy atom. The summed E-state index contributed by atoms with van der Waals surface area (Å²) in [5.74, 6) is 0. The summed E-state index contributed by atoms with van der Waals surface area (Å²) in [6.45, 7) is 0. The first-order chi connectivity index (χ1) is 36.5. The van der Waals surface area contributed by atoms with Gasteiger partial charge in [0.15, 0.2) is 0 Å². The number of hydrogen-bond acceptors (Lipinski definition) is 2. The molecule has 2 nitrogen and oxygen atoms in total. The molecule has 0 amide bonds. The van der Waals surface area contributed by atoms with Crippen LogP contribution >= 0.6 is 0 Å².